The molecule has 1 saturated heterocycles. The van der Waals surface area contributed by atoms with E-state index in [1.807, 2.05) is 0 Å². The van der Waals surface area contributed by atoms with Crippen LogP contribution in [0, 0.1) is 5.82 Å². The summed E-state index contributed by atoms with van der Waals surface area (Å²) in [6, 6.07) is 11.9. The van der Waals surface area contributed by atoms with Gasteiger partial charge in [0.05, 0.1) is 12.3 Å². The van der Waals surface area contributed by atoms with Gasteiger partial charge in [-0.15, -0.1) is 0 Å². The number of aromatic nitrogens is 2. The van der Waals surface area contributed by atoms with Crippen molar-refractivity contribution in [2.24, 2.45) is 0 Å². The Hall–Kier alpha value is -3.24. The van der Waals surface area contributed by atoms with E-state index in [2.05, 4.69) is 10.4 Å². The molecule has 168 valence electrons. The van der Waals surface area contributed by atoms with Crippen molar-refractivity contribution in [2.75, 3.05) is 25.0 Å². The Labute approximate surface area is 185 Å². The molecule has 0 spiro atoms. The van der Waals surface area contributed by atoms with Crippen LogP contribution in [0.15, 0.2) is 59.6 Å². The Morgan fingerprint density at radius 2 is 1.94 bits per heavy atom. The lowest BCUT2D eigenvalue weighted by Crippen LogP contribution is -2.28. The van der Waals surface area contributed by atoms with Crippen molar-refractivity contribution in [3.05, 3.63) is 66.2 Å². The van der Waals surface area contributed by atoms with Crippen LogP contribution in [0.25, 0.3) is 5.69 Å². The fourth-order valence-electron chi connectivity index (χ4n) is 3.53. The minimum Gasteiger partial charge on any atom is -0.492 e. The first-order chi connectivity index (χ1) is 15.4. The van der Waals surface area contributed by atoms with Crippen LogP contribution in [0.4, 0.5) is 10.1 Å². The van der Waals surface area contributed by atoms with Crippen LogP contribution in [0.2, 0.25) is 0 Å². The van der Waals surface area contributed by atoms with E-state index in [1.165, 1.54) is 39.3 Å². The minimum absolute atomic E-state index is 0.0179. The van der Waals surface area contributed by atoms with Crippen LogP contribution in [-0.4, -0.2) is 48.1 Å². The largest absolute Gasteiger partial charge is 0.492 e. The molecule has 3 aromatic rings. The predicted molar refractivity (Wildman–Crippen MR) is 117 cm³/mol. The maximum atomic E-state index is 13.5. The Morgan fingerprint density at radius 3 is 2.66 bits per heavy atom. The van der Waals surface area contributed by atoms with Gasteiger partial charge in [0.1, 0.15) is 16.5 Å². The van der Waals surface area contributed by atoms with Crippen LogP contribution in [0.1, 0.15) is 30.3 Å². The fraction of sp³-hybridized carbons (Fsp3) is 0.273. The number of hydrogen-bond acceptors (Lipinski definition) is 5. The molecule has 1 aliphatic heterocycles. The van der Waals surface area contributed by atoms with Gasteiger partial charge in [-0.05, 0) is 62.2 Å². The number of rotatable bonds is 7. The molecule has 32 heavy (non-hydrogen) atoms. The Kier molecular flexibility index (Phi) is 6.24. The molecule has 2 aromatic carbocycles. The van der Waals surface area contributed by atoms with E-state index in [4.69, 9.17) is 4.74 Å². The van der Waals surface area contributed by atoms with Gasteiger partial charge < -0.3 is 10.1 Å². The topological polar surface area (TPSA) is 93.5 Å². The van der Waals surface area contributed by atoms with Gasteiger partial charge in [0.2, 0.25) is 10.0 Å². The molecule has 0 bridgehead atoms. The van der Waals surface area contributed by atoms with Crippen molar-refractivity contribution in [2.45, 2.75) is 24.7 Å². The molecule has 4 rings (SSSR count). The summed E-state index contributed by atoms with van der Waals surface area (Å²) in [5, 5.41) is 6.87. The van der Waals surface area contributed by atoms with Gasteiger partial charge in [-0.2, -0.15) is 9.40 Å². The summed E-state index contributed by atoms with van der Waals surface area (Å²) in [4.78, 5) is 12.7. The molecule has 0 aliphatic carbocycles. The third-order valence-corrected chi connectivity index (χ3v) is 7.00. The number of sulfonamides is 1. The lowest BCUT2D eigenvalue weighted by Gasteiger charge is -2.19. The van der Waals surface area contributed by atoms with E-state index in [1.54, 1.807) is 31.3 Å². The van der Waals surface area contributed by atoms with E-state index in [0.717, 1.165) is 12.8 Å². The monoisotopic (exact) mass is 458 g/mol. The van der Waals surface area contributed by atoms with E-state index in [9.17, 15) is 17.6 Å². The van der Waals surface area contributed by atoms with Gasteiger partial charge in [0.25, 0.3) is 5.91 Å². The first-order valence-corrected chi connectivity index (χ1v) is 11.7. The number of nitrogens with one attached hydrogen (secondary N) is 1. The second-order valence-corrected chi connectivity index (χ2v) is 9.19. The van der Waals surface area contributed by atoms with Gasteiger partial charge in [-0.3, -0.25) is 4.79 Å². The van der Waals surface area contributed by atoms with E-state index >= 15 is 0 Å². The van der Waals surface area contributed by atoms with Crippen LogP contribution in [0.3, 0.4) is 0 Å². The molecular formula is C22H23FN4O4S. The van der Waals surface area contributed by atoms with Gasteiger partial charge in [0.15, 0.2) is 5.69 Å². The molecule has 0 radical (unpaired) electrons. The van der Waals surface area contributed by atoms with Gasteiger partial charge >= 0.3 is 0 Å². The molecule has 1 fully saturated rings. The first kappa shape index (κ1) is 22.0. The van der Waals surface area contributed by atoms with E-state index in [0.29, 0.717) is 31.1 Å². The number of ether oxygens (including phenoxy) is 1. The highest BCUT2D eigenvalue weighted by atomic mass is 32.2. The van der Waals surface area contributed by atoms with Crippen molar-refractivity contribution in [1.82, 2.24) is 14.1 Å². The summed E-state index contributed by atoms with van der Waals surface area (Å²) in [5.41, 5.74) is 0.882. The SMILES string of the molecule is CCOc1ccc(NC(=O)c2ccn(-c3cccc(F)c3)n2)cc1S(=O)(=O)N1CCCC1. The van der Waals surface area contributed by atoms with E-state index < -0.39 is 21.7 Å². The smallest absolute Gasteiger partial charge is 0.276 e. The maximum absolute atomic E-state index is 13.5. The van der Waals surface area contributed by atoms with Gasteiger partial charge in [-0.1, -0.05) is 6.07 Å². The molecule has 2 heterocycles. The number of carbonyl (C=O) groups excluding carboxylic acids is 1. The van der Waals surface area contributed by atoms with Crippen molar-refractivity contribution in [3.8, 4) is 11.4 Å². The Bertz CT molecular complexity index is 1240. The van der Waals surface area contributed by atoms with Crippen molar-refractivity contribution >= 4 is 21.6 Å². The van der Waals surface area contributed by atoms with Crippen molar-refractivity contribution in [1.29, 1.82) is 0 Å². The maximum Gasteiger partial charge on any atom is 0.276 e. The zero-order chi connectivity index (χ0) is 22.7. The number of benzene rings is 2. The summed E-state index contributed by atoms with van der Waals surface area (Å²) in [5.74, 6) is -0.688. The molecule has 0 saturated carbocycles. The molecule has 1 amide bonds. The fourth-order valence-corrected chi connectivity index (χ4v) is 5.21. The zero-order valence-corrected chi connectivity index (χ0v) is 18.3. The van der Waals surface area contributed by atoms with E-state index in [-0.39, 0.29) is 16.3 Å². The highest BCUT2D eigenvalue weighted by Gasteiger charge is 2.30. The second kappa shape index (κ2) is 9.09. The number of hydrogen-bond donors (Lipinski definition) is 1. The molecule has 1 aromatic heterocycles. The highest BCUT2D eigenvalue weighted by molar-refractivity contribution is 7.89. The second-order valence-electron chi connectivity index (χ2n) is 7.29. The molecule has 8 nitrogen and oxygen atoms in total. The summed E-state index contributed by atoms with van der Waals surface area (Å²) in [6.45, 7) is 3.01. The average Bonchev–Trinajstić information content (AvgIpc) is 3.48. The Balaban J connectivity index is 1.58. The van der Waals surface area contributed by atoms with Crippen LogP contribution < -0.4 is 10.1 Å². The molecule has 0 unspecified atom stereocenters. The molecule has 1 aliphatic rings. The van der Waals surface area contributed by atoms with Crippen LogP contribution in [-0.2, 0) is 10.0 Å². The molecular weight excluding hydrogens is 435 g/mol. The zero-order valence-electron chi connectivity index (χ0n) is 17.5. The average molecular weight is 459 g/mol. The number of anilines is 1. The van der Waals surface area contributed by atoms with Crippen LogP contribution >= 0.6 is 0 Å². The quantitative estimate of drug-likeness (QED) is 0.585. The summed E-state index contributed by atoms with van der Waals surface area (Å²) in [6.07, 6.45) is 3.17. The summed E-state index contributed by atoms with van der Waals surface area (Å²) in [7, 11) is -3.75. The standard InChI is InChI=1S/C22H23FN4O4S/c1-2-31-20-9-8-17(15-21(20)32(29,30)26-11-3-4-12-26)24-22(28)19-10-13-27(25-19)18-7-5-6-16(23)14-18/h5-10,13-15H,2-4,11-12H2,1H3,(H,24,28). The van der Waals surface area contributed by atoms with Gasteiger partial charge in [-0.25, -0.2) is 17.5 Å². The Morgan fingerprint density at radius 1 is 1.16 bits per heavy atom. The minimum atomic E-state index is -3.75. The number of nitrogens with zero attached hydrogens (tertiary/aromatic N) is 3. The number of amides is 1. The summed E-state index contributed by atoms with van der Waals surface area (Å²) >= 11 is 0. The normalized spacial score (nSPS) is 14.4. The lowest BCUT2D eigenvalue weighted by atomic mass is 10.3. The number of carbonyl (C=O) groups is 1. The van der Waals surface area contributed by atoms with Gasteiger partial charge in [0, 0.05) is 25.0 Å². The predicted octanol–water partition coefficient (Wildman–Crippen LogP) is 3.45. The third-order valence-electron chi connectivity index (χ3n) is 5.08. The molecule has 1 N–H and O–H groups in total. The summed E-state index contributed by atoms with van der Waals surface area (Å²) < 4.78 is 48.0. The lowest BCUT2D eigenvalue weighted by molar-refractivity contribution is 0.102. The molecule has 0 atom stereocenters. The number of halogens is 1. The van der Waals surface area contributed by atoms with Crippen molar-refractivity contribution < 1.29 is 22.3 Å². The first-order valence-electron chi connectivity index (χ1n) is 10.3. The highest BCUT2D eigenvalue weighted by Crippen LogP contribution is 2.31. The van der Waals surface area contributed by atoms with Crippen LogP contribution in [0.5, 0.6) is 5.75 Å². The molecule has 10 heteroatoms. The van der Waals surface area contributed by atoms with Crippen molar-refractivity contribution in [3.63, 3.8) is 0 Å². The third kappa shape index (κ3) is 4.51.